The molecule has 130 valence electrons. The molecule has 8 heteroatoms. The van der Waals surface area contributed by atoms with E-state index in [1.807, 2.05) is 37.3 Å². The third kappa shape index (κ3) is 2.89. The Kier molecular flexibility index (Phi) is 3.96. The Morgan fingerprint density at radius 2 is 2.20 bits per heavy atom. The Bertz CT molecular complexity index is 913. The monoisotopic (exact) mass is 339 g/mol. The third-order valence-electron chi connectivity index (χ3n) is 4.93. The van der Waals surface area contributed by atoms with Crippen molar-refractivity contribution >= 4 is 16.9 Å². The zero-order chi connectivity index (χ0) is 17.4. The highest BCUT2D eigenvalue weighted by molar-refractivity contribution is 5.96. The zero-order valence-corrected chi connectivity index (χ0v) is 14.3. The quantitative estimate of drug-likeness (QED) is 0.720. The Balaban J connectivity index is 1.44. The van der Waals surface area contributed by atoms with Crippen molar-refractivity contribution in [2.24, 2.45) is 20.0 Å². The number of imidazole rings is 1. The van der Waals surface area contributed by atoms with Crippen molar-refractivity contribution in [2.45, 2.75) is 5.92 Å². The van der Waals surface area contributed by atoms with E-state index in [-0.39, 0.29) is 5.91 Å². The van der Waals surface area contributed by atoms with Crippen molar-refractivity contribution in [2.75, 3.05) is 19.6 Å². The number of pyridine rings is 1. The second-order valence-corrected chi connectivity index (χ2v) is 6.57. The van der Waals surface area contributed by atoms with Crippen LogP contribution < -0.4 is 10.6 Å². The lowest BCUT2D eigenvalue weighted by atomic mass is 9.93. The van der Waals surface area contributed by atoms with Gasteiger partial charge in [0.15, 0.2) is 5.65 Å². The van der Waals surface area contributed by atoms with E-state index < -0.39 is 0 Å². The molecule has 3 aromatic rings. The predicted octanol–water partition coefficient (Wildman–Crippen LogP) is 0.435. The first-order valence-corrected chi connectivity index (χ1v) is 8.36. The van der Waals surface area contributed by atoms with Gasteiger partial charge < -0.3 is 15.2 Å². The molecule has 2 atom stereocenters. The fourth-order valence-electron chi connectivity index (χ4n) is 3.51. The maximum Gasteiger partial charge on any atom is 0.252 e. The number of fused-ring (bicyclic) bond motifs is 1. The first-order valence-electron chi connectivity index (χ1n) is 8.36. The van der Waals surface area contributed by atoms with E-state index in [2.05, 4.69) is 25.7 Å². The molecule has 0 bridgehead atoms. The molecule has 1 aliphatic rings. The summed E-state index contributed by atoms with van der Waals surface area (Å²) in [7, 11) is 3.84. The first kappa shape index (κ1) is 15.8. The van der Waals surface area contributed by atoms with Crippen molar-refractivity contribution in [3.8, 4) is 0 Å². The van der Waals surface area contributed by atoms with Crippen molar-refractivity contribution < 1.29 is 4.79 Å². The van der Waals surface area contributed by atoms with Crippen LogP contribution in [0.1, 0.15) is 22.0 Å². The lowest BCUT2D eigenvalue weighted by molar-refractivity contribution is 0.0947. The molecule has 0 aliphatic carbocycles. The molecule has 8 nitrogen and oxygen atoms in total. The molecule has 1 amide bonds. The van der Waals surface area contributed by atoms with Crippen LogP contribution in [0.2, 0.25) is 0 Å². The van der Waals surface area contributed by atoms with Gasteiger partial charge in [0, 0.05) is 63.1 Å². The summed E-state index contributed by atoms with van der Waals surface area (Å²) in [5, 5.41) is 11.5. The minimum Gasteiger partial charge on any atom is -0.352 e. The number of carbonyl (C=O) groups excluding carboxylic acids is 1. The van der Waals surface area contributed by atoms with Gasteiger partial charge in [-0.1, -0.05) is 0 Å². The zero-order valence-electron chi connectivity index (χ0n) is 14.3. The van der Waals surface area contributed by atoms with E-state index in [1.54, 1.807) is 17.1 Å². The SMILES string of the molecule is Cn1cncc1[C@@H]1CNC[C@H]1CNC(=O)c1cnc2c(cnn2C)c1. The number of nitrogens with one attached hydrogen (secondary N) is 2. The fourth-order valence-corrected chi connectivity index (χ4v) is 3.51. The minimum atomic E-state index is -0.103. The normalized spacial score (nSPS) is 20.2. The van der Waals surface area contributed by atoms with Gasteiger partial charge in [-0.25, -0.2) is 9.97 Å². The van der Waals surface area contributed by atoms with E-state index in [1.165, 1.54) is 5.69 Å². The summed E-state index contributed by atoms with van der Waals surface area (Å²) in [6.45, 7) is 2.41. The standard InChI is InChI=1S/C17H21N7O/c1-23-10-19-9-15(23)14-8-18-4-13(14)6-21-17(25)12-3-11-7-22-24(2)16(11)20-5-12/h3,5,7,9-10,13-14,18H,4,6,8H2,1-2H3,(H,21,25)/t13-,14+/m0/s1. The van der Waals surface area contributed by atoms with Gasteiger partial charge in [0.05, 0.1) is 18.1 Å². The highest BCUT2D eigenvalue weighted by atomic mass is 16.1. The van der Waals surface area contributed by atoms with Gasteiger partial charge in [-0.05, 0) is 12.0 Å². The number of carbonyl (C=O) groups is 1. The van der Waals surface area contributed by atoms with Crippen LogP contribution >= 0.6 is 0 Å². The van der Waals surface area contributed by atoms with Crippen molar-refractivity contribution in [3.05, 3.63) is 42.2 Å². The van der Waals surface area contributed by atoms with E-state index in [0.717, 1.165) is 24.1 Å². The third-order valence-corrected chi connectivity index (χ3v) is 4.93. The molecule has 2 N–H and O–H groups in total. The molecule has 1 fully saturated rings. The van der Waals surface area contributed by atoms with Gasteiger partial charge in [0.2, 0.25) is 0 Å². The Labute approximate surface area is 145 Å². The van der Waals surface area contributed by atoms with E-state index in [9.17, 15) is 4.79 Å². The van der Waals surface area contributed by atoms with Crippen LogP contribution in [0.3, 0.4) is 0 Å². The second-order valence-electron chi connectivity index (χ2n) is 6.57. The van der Waals surface area contributed by atoms with Gasteiger partial charge in [-0.15, -0.1) is 0 Å². The average molecular weight is 339 g/mol. The predicted molar refractivity (Wildman–Crippen MR) is 93.2 cm³/mol. The van der Waals surface area contributed by atoms with Crippen molar-refractivity contribution in [3.63, 3.8) is 0 Å². The lowest BCUT2D eigenvalue weighted by Gasteiger charge is -2.19. The van der Waals surface area contributed by atoms with E-state index >= 15 is 0 Å². The fraction of sp³-hybridized carbons (Fsp3) is 0.412. The molecule has 4 rings (SSSR count). The average Bonchev–Trinajstić information content (AvgIpc) is 3.33. The Morgan fingerprint density at radius 1 is 1.32 bits per heavy atom. The Hall–Kier alpha value is -2.74. The number of amides is 1. The van der Waals surface area contributed by atoms with Gasteiger partial charge in [-0.2, -0.15) is 5.10 Å². The summed E-state index contributed by atoms with van der Waals surface area (Å²) in [6, 6.07) is 1.83. The topological polar surface area (TPSA) is 89.7 Å². The molecular formula is C17H21N7O. The molecule has 4 heterocycles. The minimum absolute atomic E-state index is 0.103. The van der Waals surface area contributed by atoms with Crippen molar-refractivity contribution in [1.29, 1.82) is 0 Å². The van der Waals surface area contributed by atoms with Crippen LogP contribution in [0.5, 0.6) is 0 Å². The van der Waals surface area contributed by atoms with Crippen LogP contribution in [0.15, 0.2) is 31.0 Å². The molecule has 0 unspecified atom stereocenters. The van der Waals surface area contributed by atoms with Crippen LogP contribution in [0.4, 0.5) is 0 Å². The van der Waals surface area contributed by atoms with Gasteiger partial charge in [0.25, 0.3) is 5.91 Å². The van der Waals surface area contributed by atoms with Crippen LogP contribution in [-0.4, -0.2) is 49.9 Å². The maximum absolute atomic E-state index is 12.5. The summed E-state index contributed by atoms with van der Waals surface area (Å²) in [5.74, 6) is 0.593. The van der Waals surface area contributed by atoms with E-state index in [0.29, 0.717) is 23.9 Å². The number of nitrogens with zero attached hydrogens (tertiary/aromatic N) is 5. The van der Waals surface area contributed by atoms with Crippen LogP contribution in [0.25, 0.3) is 11.0 Å². The number of aromatic nitrogens is 5. The largest absolute Gasteiger partial charge is 0.352 e. The van der Waals surface area contributed by atoms with Crippen molar-refractivity contribution in [1.82, 2.24) is 34.9 Å². The molecule has 0 spiro atoms. The molecule has 0 aromatic carbocycles. The van der Waals surface area contributed by atoms with Gasteiger partial charge in [0.1, 0.15) is 0 Å². The number of aryl methyl sites for hydroxylation is 2. The maximum atomic E-state index is 12.5. The highest BCUT2D eigenvalue weighted by Gasteiger charge is 2.30. The van der Waals surface area contributed by atoms with Gasteiger partial charge in [-0.3, -0.25) is 9.48 Å². The first-order chi connectivity index (χ1) is 12.1. The molecule has 25 heavy (non-hydrogen) atoms. The van der Waals surface area contributed by atoms with Crippen LogP contribution in [-0.2, 0) is 14.1 Å². The highest BCUT2D eigenvalue weighted by Crippen LogP contribution is 2.27. The molecule has 0 radical (unpaired) electrons. The second kappa shape index (κ2) is 6.29. The smallest absolute Gasteiger partial charge is 0.252 e. The summed E-state index contributed by atoms with van der Waals surface area (Å²) in [4.78, 5) is 21.0. The van der Waals surface area contributed by atoms with Crippen LogP contribution in [0, 0.1) is 5.92 Å². The number of hydrogen-bond acceptors (Lipinski definition) is 5. The Morgan fingerprint density at radius 3 is 3.00 bits per heavy atom. The lowest BCUT2D eigenvalue weighted by Crippen LogP contribution is -2.32. The summed E-state index contributed by atoms with van der Waals surface area (Å²) in [5.41, 5.74) is 2.53. The molecule has 1 saturated heterocycles. The number of hydrogen-bond donors (Lipinski definition) is 2. The summed E-state index contributed by atoms with van der Waals surface area (Å²) in [6.07, 6.45) is 7.05. The summed E-state index contributed by atoms with van der Waals surface area (Å²) >= 11 is 0. The van der Waals surface area contributed by atoms with Gasteiger partial charge >= 0.3 is 0 Å². The summed E-state index contributed by atoms with van der Waals surface area (Å²) < 4.78 is 3.74. The molecule has 0 saturated carbocycles. The molecule has 3 aromatic heterocycles. The molecule has 1 aliphatic heterocycles. The number of rotatable bonds is 4. The molecular weight excluding hydrogens is 318 g/mol. The van der Waals surface area contributed by atoms with E-state index in [4.69, 9.17) is 0 Å².